The minimum atomic E-state index is -0.547. The van der Waals surface area contributed by atoms with Crippen molar-refractivity contribution in [1.29, 1.82) is 0 Å². The number of hydrogen-bond acceptors (Lipinski definition) is 5. The first-order valence-electron chi connectivity index (χ1n) is 9.22. The van der Waals surface area contributed by atoms with Crippen molar-refractivity contribution in [2.45, 2.75) is 13.5 Å². The van der Waals surface area contributed by atoms with Crippen LogP contribution in [0.15, 0.2) is 63.2 Å². The second kappa shape index (κ2) is 7.78. The second-order valence-corrected chi connectivity index (χ2v) is 6.92. The van der Waals surface area contributed by atoms with Gasteiger partial charge < -0.3 is 0 Å². The summed E-state index contributed by atoms with van der Waals surface area (Å²) in [4.78, 5) is 31.2. The van der Waals surface area contributed by atoms with Gasteiger partial charge in [-0.15, -0.1) is 0 Å². The Balaban J connectivity index is 1.77. The number of hydrogen-bond donors (Lipinski definition) is 2. The molecule has 0 bridgehead atoms. The van der Waals surface area contributed by atoms with Crippen molar-refractivity contribution < 1.29 is 4.39 Å². The average molecular weight is 406 g/mol. The van der Waals surface area contributed by atoms with E-state index in [-0.39, 0.29) is 17.0 Å². The van der Waals surface area contributed by atoms with Gasteiger partial charge in [-0.2, -0.15) is 10.1 Å². The minimum absolute atomic E-state index is 0.246. The molecule has 0 radical (unpaired) electrons. The first-order valence-corrected chi connectivity index (χ1v) is 9.22. The number of nitrogens with one attached hydrogen (secondary N) is 2. The van der Waals surface area contributed by atoms with Crippen molar-refractivity contribution in [3.05, 3.63) is 91.9 Å². The smallest absolute Gasteiger partial charge is 0.298 e. The summed E-state index contributed by atoms with van der Waals surface area (Å²) in [5, 5.41) is 4.15. The number of aromatic nitrogens is 4. The Morgan fingerprint density at radius 2 is 1.83 bits per heavy atom. The Labute approximate surface area is 170 Å². The van der Waals surface area contributed by atoms with Gasteiger partial charge in [0, 0.05) is 7.05 Å². The molecule has 0 saturated heterocycles. The van der Waals surface area contributed by atoms with Gasteiger partial charge in [-0.1, -0.05) is 42.0 Å². The fraction of sp³-hybridized carbons (Fsp3) is 0.143. The third kappa shape index (κ3) is 3.77. The first-order chi connectivity index (χ1) is 14.4. The number of rotatable bonds is 5. The third-order valence-corrected chi connectivity index (χ3v) is 4.72. The molecule has 8 nitrogen and oxygen atoms in total. The predicted octanol–water partition coefficient (Wildman–Crippen LogP) is 2.37. The van der Waals surface area contributed by atoms with Crippen molar-refractivity contribution >= 4 is 23.3 Å². The highest BCUT2D eigenvalue weighted by molar-refractivity contribution is 5.80. The van der Waals surface area contributed by atoms with Gasteiger partial charge in [-0.25, -0.2) is 14.6 Å². The Bertz CT molecular complexity index is 1350. The third-order valence-electron chi connectivity index (χ3n) is 4.72. The second-order valence-electron chi connectivity index (χ2n) is 6.92. The van der Waals surface area contributed by atoms with Crippen LogP contribution in [-0.2, 0) is 13.6 Å². The predicted molar refractivity (Wildman–Crippen MR) is 113 cm³/mol. The molecule has 2 heterocycles. The van der Waals surface area contributed by atoms with Crippen molar-refractivity contribution in [2.75, 3.05) is 5.43 Å². The molecule has 0 spiro atoms. The lowest BCUT2D eigenvalue weighted by Crippen LogP contribution is -2.29. The van der Waals surface area contributed by atoms with Crippen LogP contribution in [-0.4, -0.2) is 25.3 Å². The molecule has 2 aromatic carbocycles. The monoisotopic (exact) mass is 406 g/mol. The van der Waals surface area contributed by atoms with Gasteiger partial charge in [0.15, 0.2) is 11.2 Å². The van der Waals surface area contributed by atoms with E-state index in [1.165, 1.54) is 30.0 Å². The fourth-order valence-corrected chi connectivity index (χ4v) is 3.06. The molecule has 0 unspecified atom stereocenters. The molecule has 152 valence electrons. The lowest BCUT2D eigenvalue weighted by atomic mass is 10.1. The van der Waals surface area contributed by atoms with E-state index >= 15 is 0 Å². The maximum absolute atomic E-state index is 13.1. The number of halogens is 1. The van der Waals surface area contributed by atoms with Crippen LogP contribution in [0.25, 0.3) is 11.2 Å². The molecule has 9 heteroatoms. The maximum atomic E-state index is 13.1. The molecule has 0 amide bonds. The number of benzene rings is 2. The van der Waals surface area contributed by atoms with E-state index < -0.39 is 11.2 Å². The fourth-order valence-electron chi connectivity index (χ4n) is 3.06. The van der Waals surface area contributed by atoms with Crippen molar-refractivity contribution in [1.82, 2.24) is 19.1 Å². The zero-order chi connectivity index (χ0) is 21.3. The molecule has 0 aliphatic carbocycles. The summed E-state index contributed by atoms with van der Waals surface area (Å²) in [6.45, 7) is 2.35. The van der Waals surface area contributed by atoms with Crippen LogP contribution < -0.4 is 16.7 Å². The molecule has 0 aliphatic rings. The highest BCUT2D eigenvalue weighted by atomic mass is 19.1. The molecule has 4 rings (SSSR count). The summed E-state index contributed by atoms with van der Waals surface area (Å²) in [5.74, 6) is -0.0317. The molecule has 30 heavy (non-hydrogen) atoms. The van der Waals surface area contributed by atoms with Crippen LogP contribution in [0, 0.1) is 12.7 Å². The normalized spacial score (nSPS) is 11.4. The zero-order valence-corrected chi connectivity index (χ0v) is 16.4. The van der Waals surface area contributed by atoms with Crippen molar-refractivity contribution in [3.63, 3.8) is 0 Å². The molecule has 2 N–H and O–H groups in total. The van der Waals surface area contributed by atoms with Gasteiger partial charge in [0.25, 0.3) is 5.56 Å². The van der Waals surface area contributed by atoms with Gasteiger partial charge in [-0.3, -0.25) is 18.9 Å². The Kier molecular flexibility index (Phi) is 5.01. The number of aryl methyl sites for hydroxylation is 2. The molecular weight excluding hydrogens is 387 g/mol. The Morgan fingerprint density at radius 3 is 2.53 bits per heavy atom. The van der Waals surface area contributed by atoms with Crippen molar-refractivity contribution in [2.24, 2.45) is 12.1 Å². The highest BCUT2D eigenvalue weighted by Crippen LogP contribution is 2.18. The van der Waals surface area contributed by atoms with Crippen LogP contribution in [0.2, 0.25) is 0 Å². The quantitative estimate of drug-likeness (QED) is 0.393. The van der Waals surface area contributed by atoms with E-state index in [1.54, 1.807) is 16.7 Å². The Morgan fingerprint density at radius 1 is 1.13 bits per heavy atom. The van der Waals surface area contributed by atoms with Crippen LogP contribution in [0.1, 0.15) is 16.7 Å². The van der Waals surface area contributed by atoms with Crippen LogP contribution in [0.5, 0.6) is 0 Å². The number of aromatic amines is 1. The average Bonchev–Trinajstić information content (AvgIpc) is 3.08. The molecular formula is C21H19FN6O2. The standard InChI is InChI=1S/C21H19FN6O2/c1-13-3-5-15(6-4-13)12-28-17-18(27(2)21(30)25-19(17)29)24-20(28)26-23-11-14-7-9-16(22)10-8-14/h3-11H,12H2,1-2H3,(H,24,26)(H,25,29,30)/b23-11-. The summed E-state index contributed by atoms with van der Waals surface area (Å²) >= 11 is 0. The largest absolute Gasteiger partial charge is 0.329 e. The SMILES string of the molecule is Cc1ccc(Cn2c(N/N=C\c3ccc(F)cc3)nc3c2c(=O)[nH]c(=O)n3C)cc1. The van der Waals surface area contributed by atoms with Crippen LogP contribution in [0.4, 0.5) is 10.3 Å². The van der Waals surface area contributed by atoms with E-state index in [1.807, 2.05) is 31.2 Å². The number of H-pyrrole nitrogens is 1. The van der Waals surface area contributed by atoms with E-state index in [0.29, 0.717) is 18.1 Å². The molecule has 0 saturated carbocycles. The highest BCUT2D eigenvalue weighted by Gasteiger charge is 2.17. The summed E-state index contributed by atoms with van der Waals surface area (Å²) in [5.41, 5.74) is 5.03. The van der Waals surface area contributed by atoms with E-state index in [4.69, 9.17) is 0 Å². The van der Waals surface area contributed by atoms with Gasteiger partial charge >= 0.3 is 5.69 Å². The minimum Gasteiger partial charge on any atom is -0.298 e. The first kappa shape index (κ1) is 19.3. The number of anilines is 1. The topological polar surface area (TPSA) is 97.1 Å². The van der Waals surface area contributed by atoms with Gasteiger partial charge in [-0.05, 0) is 30.2 Å². The molecule has 0 fully saturated rings. The van der Waals surface area contributed by atoms with Crippen LogP contribution in [0.3, 0.4) is 0 Å². The molecule has 4 aromatic rings. The lowest BCUT2D eigenvalue weighted by molar-refractivity contribution is 0.628. The van der Waals surface area contributed by atoms with Crippen molar-refractivity contribution in [3.8, 4) is 0 Å². The molecule has 2 aromatic heterocycles. The van der Waals surface area contributed by atoms with Gasteiger partial charge in [0.1, 0.15) is 5.82 Å². The summed E-state index contributed by atoms with van der Waals surface area (Å²) in [7, 11) is 1.54. The summed E-state index contributed by atoms with van der Waals surface area (Å²) < 4.78 is 16.0. The van der Waals surface area contributed by atoms with Gasteiger partial charge in [0.05, 0.1) is 12.8 Å². The molecule has 0 atom stereocenters. The number of fused-ring (bicyclic) bond motifs is 1. The van der Waals surface area contributed by atoms with Gasteiger partial charge in [0.2, 0.25) is 5.95 Å². The Hall–Kier alpha value is -4.01. The number of nitrogens with zero attached hydrogens (tertiary/aromatic N) is 4. The maximum Gasteiger partial charge on any atom is 0.329 e. The zero-order valence-electron chi connectivity index (χ0n) is 16.4. The van der Waals surface area contributed by atoms with Crippen LogP contribution >= 0.6 is 0 Å². The summed E-state index contributed by atoms with van der Waals surface area (Å²) in [6, 6.07) is 13.7. The van der Waals surface area contributed by atoms with E-state index in [2.05, 4.69) is 20.5 Å². The van der Waals surface area contributed by atoms with E-state index in [9.17, 15) is 14.0 Å². The molecule has 0 aliphatic heterocycles. The lowest BCUT2D eigenvalue weighted by Gasteiger charge is -2.08. The number of hydrazone groups is 1. The van der Waals surface area contributed by atoms with E-state index in [0.717, 1.165) is 11.1 Å². The number of imidazole rings is 1. The summed E-state index contributed by atoms with van der Waals surface area (Å²) in [6.07, 6.45) is 1.51.